The van der Waals surface area contributed by atoms with E-state index in [1.807, 2.05) is 24.3 Å². The predicted molar refractivity (Wildman–Crippen MR) is 96.7 cm³/mol. The van der Waals surface area contributed by atoms with Crippen LogP contribution in [-0.2, 0) is 12.5 Å². The van der Waals surface area contributed by atoms with E-state index in [1.54, 1.807) is 12.1 Å². The van der Waals surface area contributed by atoms with Crippen molar-refractivity contribution < 1.29 is 26.7 Å². The molecule has 28 heavy (non-hydrogen) atoms. The van der Waals surface area contributed by atoms with Crippen molar-refractivity contribution in [1.82, 2.24) is 0 Å². The van der Waals surface area contributed by atoms with E-state index in [2.05, 4.69) is 11.7 Å². The average Bonchev–Trinajstić information content (AvgIpc) is 2.67. The van der Waals surface area contributed by atoms with Crippen molar-refractivity contribution >= 4 is 0 Å². The Morgan fingerprint density at radius 1 is 0.786 bits per heavy atom. The number of ether oxygens (including phenoxy) is 1. The summed E-state index contributed by atoms with van der Waals surface area (Å²) in [5, 5.41) is 0. The van der Waals surface area contributed by atoms with E-state index in [-0.39, 0.29) is 17.9 Å². The molecule has 0 aromatic heterocycles. The first-order valence-electron chi connectivity index (χ1n) is 8.71. The van der Waals surface area contributed by atoms with E-state index in [0.717, 1.165) is 24.0 Å². The monoisotopic (exact) mass is 392 g/mol. The SMILES string of the molecule is CCCc1ccc(-c2ccc(OC(F)(F)c3cc(F)c(F)c(F)c3)cc2)cc1. The number of hydrogen-bond acceptors (Lipinski definition) is 1. The summed E-state index contributed by atoms with van der Waals surface area (Å²) in [4.78, 5) is 0. The van der Waals surface area contributed by atoms with Crippen molar-refractivity contribution in [2.24, 2.45) is 0 Å². The third-order valence-electron chi connectivity index (χ3n) is 4.25. The standard InChI is InChI=1S/C22H17F5O/c1-2-3-14-4-6-15(7-5-14)16-8-10-18(11-9-16)28-22(26,27)17-12-19(23)21(25)20(24)13-17/h4-13H,2-3H2,1H3. The fraction of sp³-hybridized carbons (Fsp3) is 0.182. The molecular weight excluding hydrogens is 375 g/mol. The van der Waals surface area contributed by atoms with E-state index in [9.17, 15) is 22.0 Å². The van der Waals surface area contributed by atoms with Gasteiger partial charge in [-0.2, -0.15) is 8.78 Å². The van der Waals surface area contributed by atoms with Crippen molar-refractivity contribution in [2.75, 3.05) is 0 Å². The zero-order valence-electron chi connectivity index (χ0n) is 15.0. The van der Waals surface area contributed by atoms with Gasteiger partial charge in [0.1, 0.15) is 5.75 Å². The van der Waals surface area contributed by atoms with Gasteiger partial charge in [0.25, 0.3) is 0 Å². The lowest BCUT2D eigenvalue weighted by Crippen LogP contribution is -2.22. The van der Waals surface area contributed by atoms with Crippen molar-refractivity contribution in [3.63, 3.8) is 0 Å². The normalized spacial score (nSPS) is 11.5. The Balaban J connectivity index is 1.78. The number of alkyl halides is 2. The second-order valence-electron chi connectivity index (χ2n) is 6.34. The molecule has 0 aliphatic heterocycles. The summed E-state index contributed by atoms with van der Waals surface area (Å²) in [6.07, 6.45) is -2.01. The maximum atomic E-state index is 14.2. The Morgan fingerprint density at radius 2 is 1.29 bits per heavy atom. The van der Waals surface area contributed by atoms with E-state index in [0.29, 0.717) is 0 Å². The molecule has 0 N–H and O–H groups in total. The zero-order chi connectivity index (χ0) is 20.3. The number of halogens is 5. The van der Waals surface area contributed by atoms with Gasteiger partial charge >= 0.3 is 6.11 Å². The highest BCUT2D eigenvalue weighted by molar-refractivity contribution is 5.64. The smallest absolute Gasteiger partial charge is 0.426 e. The van der Waals surface area contributed by atoms with Crippen LogP contribution in [0.2, 0.25) is 0 Å². The van der Waals surface area contributed by atoms with Gasteiger partial charge in [-0.1, -0.05) is 49.7 Å². The summed E-state index contributed by atoms with van der Waals surface area (Å²) in [7, 11) is 0. The molecule has 0 saturated heterocycles. The highest BCUT2D eigenvalue weighted by Crippen LogP contribution is 2.34. The van der Waals surface area contributed by atoms with E-state index >= 15 is 0 Å². The summed E-state index contributed by atoms with van der Waals surface area (Å²) < 4.78 is 72.4. The summed E-state index contributed by atoms with van der Waals surface area (Å²) in [5.74, 6) is -5.42. The fourth-order valence-electron chi connectivity index (χ4n) is 2.80. The lowest BCUT2D eigenvalue weighted by Gasteiger charge is -2.19. The minimum atomic E-state index is -4.03. The molecule has 1 nitrogen and oxygen atoms in total. The Labute approximate surface area is 159 Å². The molecule has 0 bridgehead atoms. The van der Waals surface area contributed by atoms with E-state index in [4.69, 9.17) is 0 Å². The van der Waals surface area contributed by atoms with Gasteiger partial charge in [-0.3, -0.25) is 0 Å². The molecule has 0 radical (unpaired) electrons. The largest absolute Gasteiger partial charge is 0.429 e. The number of aryl methyl sites for hydroxylation is 1. The highest BCUT2D eigenvalue weighted by atomic mass is 19.3. The maximum Gasteiger partial charge on any atom is 0.426 e. The molecule has 0 amide bonds. The third kappa shape index (κ3) is 4.32. The van der Waals surface area contributed by atoms with Gasteiger partial charge in [0, 0.05) is 0 Å². The lowest BCUT2D eigenvalue weighted by atomic mass is 10.0. The van der Waals surface area contributed by atoms with Crippen molar-refractivity contribution in [3.05, 3.63) is 89.2 Å². The van der Waals surface area contributed by atoms with Crippen LogP contribution in [0.3, 0.4) is 0 Å². The second kappa shape index (κ2) is 8.00. The minimum absolute atomic E-state index is 0.193. The zero-order valence-corrected chi connectivity index (χ0v) is 15.0. The van der Waals surface area contributed by atoms with Gasteiger partial charge in [-0.25, -0.2) is 13.2 Å². The van der Waals surface area contributed by atoms with Crippen LogP contribution in [0.5, 0.6) is 5.75 Å². The van der Waals surface area contributed by atoms with Crippen LogP contribution in [0.1, 0.15) is 24.5 Å². The summed E-state index contributed by atoms with van der Waals surface area (Å²) in [5.41, 5.74) is 1.82. The molecule has 0 unspecified atom stereocenters. The molecule has 146 valence electrons. The van der Waals surface area contributed by atoms with Crippen molar-refractivity contribution in [3.8, 4) is 16.9 Å². The van der Waals surface area contributed by atoms with E-state index in [1.165, 1.54) is 17.7 Å². The van der Waals surface area contributed by atoms with Crippen LogP contribution in [0.25, 0.3) is 11.1 Å². The Bertz CT molecular complexity index is 927. The van der Waals surface area contributed by atoms with Crippen LogP contribution in [-0.4, -0.2) is 0 Å². The molecule has 0 fully saturated rings. The maximum absolute atomic E-state index is 14.2. The van der Waals surface area contributed by atoms with Gasteiger partial charge in [0.15, 0.2) is 17.5 Å². The summed E-state index contributed by atoms with van der Waals surface area (Å²) in [6, 6.07) is 14.2. The molecule has 0 aliphatic carbocycles. The Hall–Kier alpha value is -2.89. The fourth-order valence-corrected chi connectivity index (χ4v) is 2.80. The molecule has 3 aromatic rings. The van der Waals surface area contributed by atoms with Crippen LogP contribution in [0.4, 0.5) is 22.0 Å². The predicted octanol–water partition coefficient (Wildman–Crippen LogP) is 6.85. The summed E-state index contributed by atoms with van der Waals surface area (Å²) >= 11 is 0. The third-order valence-corrected chi connectivity index (χ3v) is 4.25. The molecule has 0 atom stereocenters. The van der Waals surface area contributed by atoms with Crippen molar-refractivity contribution in [2.45, 2.75) is 25.9 Å². The van der Waals surface area contributed by atoms with Crippen molar-refractivity contribution in [1.29, 1.82) is 0 Å². The lowest BCUT2D eigenvalue weighted by molar-refractivity contribution is -0.185. The molecule has 0 saturated carbocycles. The second-order valence-corrected chi connectivity index (χ2v) is 6.34. The first-order chi connectivity index (χ1) is 13.3. The molecule has 6 heteroatoms. The van der Waals surface area contributed by atoms with Gasteiger partial charge in [-0.05, 0) is 47.4 Å². The molecule has 3 aromatic carbocycles. The van der Waals surface area contributed by atoms with Crippen LogP contribution in [0, 0.1) is 17.5 Å². The van der Waals surface area contributed by atoms with Gasteiger partial charge < -0.3 is 4.74 Å². The molecule has 0 spiro atoms. The number of hydrogen-bond donors (Lipinski definition) is 0. The Kier molecular flexibility index (Phi) is 5.68. The molecular formula is C22H17F5O. The number of benzene rings is 3. The van der Waals surface area contributed by atoms with Gasteiger partial charge in [0.05, 0.1) is 5.56 Å². The summed E-state index contributed by atoms with van der Waals surface area (Å²) in [6.45, 7) is 2.09. The molecule has 3 rings (SSSR count). The first-order valence-corrected chi connectivity index (χ1v) is 8.71. The first kappa shape index (κ1) is 19.9. The average molecular weight is 392 g/mol. The molecule has 0 aliphatic rings. The van der Waals surface area contributed by atoms with Gasteiger partial charge in [-0.15, -0.1) is 0 Å². The van der Waals surface area contributed by atoms with Crippen LogP contribution >= 0.6 is 0 Å². The van der Waals surface area contributed by atoms with Crippen LogP contribution < -0.4 is 4.74 Å². The van der Waals surface area contributed by atoms with Gasteiger partial charge in [0.2, 0.25) is 0 Å². The minimum Gasteiger partial charge on any atom is -0.429 e. The topological polar surface area (TPSA) is 9.23 Å². The van der Waals surface area contributed by atoms with E-state index < -0.39 is 29.1 Å². The number of rotatable bonds is 6. The highest BCUT2D eigenvalue weighted by Gasteiger charge is 2.36. The Morgan fingerprint density at radius 3 is 1.79 bits per heavy atom. The quantitative estimate of drug-likeness (QED) is 0.329. The van der Waals surface area contributed by atoms with Crippen LogP contribution in [0.15, 0.2) is 60.7 Å². The molecule has 0 heterocycles.